The highest BCUT2D eigenvalue weighted by Crippen LogP contribution is 2.16. The summed E-state index contributed by atoms with van der Waals surface area (Å²) in [6.07, 6.45) is 1.73. The summed E-state index contributed by atoms with van der Waals surface area (Å²) in [6, 6.07) is 11.9. The first-order valence-corrected chi connectivity index (χ1v) is 4.71. The van der Waals surface area contributed by atoms with Crippen LogP contribution in [0.2, 0.25) is 0 Å². The van der Waals surface area contributed by atoms with Gasteiger partial charge in [0.2, 0.25) is 5.95 Å². The maximum absolute atomic E-state index is 4.35. The van der Waals surface area contributed by atoms with Crippen molar-refractivity contribution in [1.29, 1.82) is 0 Å². The number of nitrogens with zero attached hydrogens (tertiary/aromatic N) is 2. The van der Waals surface area contributed by atoms with Gasteiger partial charge >= 0.3 is 0 Å². The van der Waals surface area contributed by atoms with Gasteiger partial charge in [0.15, 0.2) is 0 Å². The van der Waals surface area contributed by atoms with Gasteiger partial charge in [0.25, 0.3) is 0 Å². The van der Waals surface area contributed by atoms with E-state index < -0.39 is 0 Å². The average Bonchev–Trinajstić information content (AvgIpc) is 2.31. The third kappa shape index (κ3) is 2.30. The second-order valence-electron chi connectivity index (χ2n) is 3.01. The molecule has 0 spiro atoms. The quantitative estimate of drug-likeness (QED) is 0.740. The number of aromatic nitrogens is 2. The summed E-state index contributed by atoms with van der Waals surface area (Å²) < 4.78 is 0. The van der Waals surface area contributed by atoms with Crippen molar-refractivity contribution in [3.05, 3.63) is 42.6 Å². The van der Waals surface area contributed by atoms with Crippen molar-refractivity contribution >= 4 is 5.95 Å². The molecule has 1 heterocycles. The molecule has 0 radical (unpaired) electrons. The Morgan fingerprint density at radius 1 is 1.07 bits per heavy atom. The Labute approximate surface area is 88.4 Å². The van der Waals surface area contributed by atoms with Crippen LogP contribution in [0.1, 0.15) is 0 Å². The summed E-state index contributed by atoms with van der Waals surface area (Å²) in [5, 5.41) is 0. The van der Waals surface area contributed by atoms with E-state index in [9.17, 15) is 0 Å². The molecule has 0 amide bonds. The van der Waals surface area contributed by atoms with Gasteiger partial charge in [0, 0.05) is 18.8 Å². The van der Waals surface area contributed by atoms with E-state index in [1.54, 1.807) is 13.2 Å². The molecule has 0 bridgehead atoms. The molecule has 0 fully saturated rings. The SMILES string of the molecule is CNNc1nccc(-c2ccccc2)n1. The van der Waals surface area contributed by atoms with Crippen molar-refractivity contribution in [1.82, 2.24) is 15.4 Å². The van der Waals surface area contributed by atoms with Gasteiger partial charge in [-0.1, -0.05) is 30.3 Å². The number of hydrogen-bond donors (Lipinski definition) is 2. The first kappa shape index (κ1) is 9.61. The third-order valence-corrected chi connectivity index (χ3v) is 1.96. The maximum atomic E-state index is 4.35. The number of nitrogens with one attached hydrogen (secondary N) is 2. The Bertz CT molecular complexity index is 428. The lowest BCUT2D eigenvalue weighted by molar-refractivity contribution is 0.939. The van der Waals surface area contributed by atoms with Crippen LogP contribution in [-0.4, -0.2) is 17.0 Å². The minimum Gasteiger partial charge on any atom is -0.290 e. The van der Waals surface area contributed by atoms with Crippen molar-refractivity contribution in [2.24, 2.45) is 0 Å². The van der Waals surface area contributed by atoms with E-state index in [0.717, 1.165) is 11.3 Å². The number of anilines is 1. The highest BCUT2D eigenvalue weighted by Gasteiger charge is 1.99. The highest BCUT2D eigenvalue weighted by molar-refractivity contribution is 5.59. The molecule has 0 saturated heterocycles. The van der Waals surface area contributed by atoms with E-state index in [-0.39, 0.29) is 0 Å². The predicted molar refractivity (Wildman–Crippen MR) is 60.2 cm³/mol. The van der Waals surface area contributed by atoms with Crippen molar-refractivity contribution in [3.8, 4) is 11.3 Å². The molecular formula is C11H12N4. The van der Waals surface area contributed by atoms with Gasteiger partial charge in [-0.05, 0) is 6.07 Å². The van der Waals surface area contributed by atoms with Crippen molar-refractivity contribution in [2.75, 3.05) is 12.5 Å². The monoisotopic (exact) mass is 200 g/mol. The normalized spacial score (nSPS) is 9.93. The zero-order valence-corrected chi connectivity index (χ0v) is 8.44. The van der Waals surface area contributed by atoms with Crippen LogP contribution >= 0.6 is 0 Å². The average molecular weight is 200 g/mol. The van der Waals surface area contributed by atoms with Crippen molar-refractivity contribution in [2.45, 2.75) is 0 Å². The van der Waals surface area contributed by atoms with Crippen LogP contribution < -0.4 is 10.9 Å². The molecule has 0 aliphatic carbocycles. The molecule has 1 aromatic carbocycles. The van der Waals surface area contributed by atoms with Crippen LogP contribution in [0, 0.1) is 0 Å². The number of hydrogen-bond acceptors (Lipinski definition) is 4. The van der Waals surface area contributed by atoms with Crippen LogP contribution in [0.25, 0.3) is 11.3 Å². The highest BCUT2D eigenvalue weighted by atomic mass is 15.4. The minimum absolute atomic E-state index is 0.568. The molecular weight excluding hydrogens is 188 g/mol. The van der Waals surface area contributed by atoms with Crippen LogP contribution in [0.3, 0.4) is 0 Å². The van der Waals surface area contributed by atoms with Crippen LogP contribution in [-0.2, 0) is 0 Å². The first-order valence-electron chi connectivity index (χ1n) is 4.71. The fraction of sp³-hybridized carbons (Fsp3) is 0.0909. The molecule has 15 heavy (non-hydrogen) atoms. The van der Waals surface area contributed by atoms with E-state index >= 15 is 0 Å². The number of benzene rings is 1. The molecule has 76 valence electrons. The van der Waals surface area contributed by atoms with E-state index in [0.29, 0.717) is 5.95 Å². The van der Waals surface area contributed by atoms with Gasteiger partial charge in [-0.15, -0.1) is 0 Å². The molecule has 0 saturated carbocycles. The fourth-order valence-electron chi connectivity index (χ4n) is 1.30. The van der Waals surface area contributed by atoms with Gasteiger partial charge in [-0.3, -0.25) is 5.43 Å². The molecule has 1 aromatic heterocycles. The van der Waals surface area contributed by atoms with Gasteiger partial charge in [0.1, 0.15) is 0 Å². The first-order chi connectivity index (χ1) is 7.40. The lowest BCUT2D eigenvalue weighted by atomic mass is 10.1. The largest absolute Gasteiger partial charge is 0.290 e. The third-order valence-electron chi connectivity index (χ3n) is 1.96. The van der Waals surface area contributed by atoms with E-state index in [2.05, 4.69) is 20.8 Å². The Hall–Kier alpha value is -1.94. The molecule has 0 aliphatic rings. The van der Waals surface area contributed by atoms with Crippen molar-refractivity contribution < 1.29 is 0 Å². The minimum atomic E-state index is 0.568. The molecule has 2 aromatic rings. The standard InChI is InChI=1S/C11H12N4/c1-12-15-11-13-8-7-10(14-11)9-5-3-2-4-6-9/h2-8,12H,1H3,(H,13,14,15). The number of hydrazine groups is 1. The van der Waals surface area contributed by atoms with E-state index in [4.69, 9.17) is 0 Å². The molecule has 4 heteroatoms. The predicted octanol–water partition coefficient (Wildman–Crippen LogP) is 1.69. The van der Waals surface area contributed by atoms with Gasteiger partial charge in [-0.2, -0.15) is 0 Å². The summed E-state index contributed by atoms with van der Waals surface area (Å²) in [6.45, 7) is 0. The van der Waals surface area contributed by atoms with Crippen LogP contribution in [0.15, 0.2) is 42.6 Å². The van der Waals surface area contributed by atoms with Crippen LogP contribution in [0.4, 0.5) is 5.95 Å². The van der Waals surface area contributed by atoms with E-state index in [1.807, 2.05) is 36.4 Å². The molecule has 0 aliphatic heterocycles. The van der Waals surface area contributed by atoms with E-state index in [1.165, 1.54) is 0 Å². The lowest BCUT2D eigenvalue weighted by Gasteiger charge is -2.04. The van der Waals surface area contributed by atoms with Crippen LogP contribution in [0.5, 0.6) is 0 Å². The van der Waals surface area contributed by atoms with Gasteiger partial charge in [-0.25, -0.2) is 15.4 Å². The zero-order valence-electron chi connectivity index (χ0n) is 8.44. The van der Waals surface area contributed by atoms with Crippen molar-refractivity contribution in [3.63, 3.8) is 0 Å². The summed E-state index contributed by atoms with van der Waals surface area (Å²) in [5.74, 6) is 0.568. The summed E-state index contributed by atoms with van der Waals surface area (Å²) in [4.78, 5) is 8.42. The molecule has 4 nitrogen and oxygen atoms in total. The second kappa shape index (κ2) is 4.52. The topological polar surface area (TPSA) is 49.8 Å². The Morgan fingerprint density at radius 3 is 2.60 bits per heavy atom. The Morgan fingerprint density at radius 2 is 1.87 bits per heavy atom. The number of rotatable bonds is 3. The van der Waals surface area contributed by atoms with Gasteiger partial charge < -0.3 is 0 Å². The molecule has 2 N–H and O–H groups in total. The van der Waals surface area contributed by atoms with Gasteiger partial charge in [0.05, 0.1) is 5.69 Å². The lowest BCUT2D eigenvalue weighted by Crippen LogP contribution is -2.17. The molecule has 2 rings (SSSR count). The Kier molecular flexibility index (Phi) is 2.90. The summed E-state index contributed by atoms with van der Waals surface area (Å²) in [5.41, 5.74) is 7.62. The second-order valence-corrected chi connectivity index (χ2v) is 3.01. The molecule has 0 unspecified atom stereocenters. The Balaban J connectivity index is 2.33. The molecule has 0 atom stereocenters. The summed E-state index contributed by atoms with van der Waals surface area (Å²) >= 11 is 0. The summed E-state index contributed by atoms with van der Waals surface area (Å²) in [7, 11) is 1.78. The maximum Gasteiger partial charge on any atom is 0.237 e. The smallest absolute Gasteiger partial charge is 0.237 e. The fourth-order valence-corrected chi connectivity index (χ4v) is 1.30. The zero-order chi connectivity index (χ0) is 10.5.